The van der Waals surface area contributed by atoms with Crippen LogP contribution >= 0.6 is 11.6 Å². The van der Waals surface area contributed by atoms with Crippen molar-refractivity contribution < 1.29 is 8.42 Å². The fourth-order valence-electron chi connectivity index (χ4n) is 2.82. The first-order chi connectivity index (χ1) is 9.02. The highest BCUT2D eigenvalue weighted by molar-refractivity contribution is 7.89. The Hall–Kier alpha value is -0.590. The molecule has 1 aromatic rings. The van der Waals surface area contributed by atoms with Gasteiger partial charge in [0, 0.05) is 29.9 Å². The van der Waals surface area contributed by atoms with Gasteiger partial charge in [-0.2, -0.15) is 0 Å². The van der Waals surface area contributed by atoms with E-state index in [0.29, 0.717) is 6.04 Å². The third kappa shape index (κ3) is 3.12. The molecule has 0 radical (unpaired) electrons. The van der Waals surface area contributed by atoms with Gasteiger partial charge in [-0.05, 0) is 31.6 Å². The topological polar surface area (TPSA) is 64.0 Å². The van der Waals surface area contributed by atoms with Gasteiger partial charge in [0.1, 0.15) is 0 Å². The molecule has 19 heavy (non-hydrogen) atoms. The smallest absolute Gasteiger partial charge is 0.212 e. The van der Waals surface area contributed by atoms with Gasteiger partial charge in [-0.1, -0.05) is 0 Å². The second-order valence-corrected chi connectivity index (χ2v) is 8.08. The van der Waals surface area contributed by atoms with E-state index in [4.69, 9.17) is 11.6 Å². The number of hydrogen-bond donors (Lipinski definition) is 1. The second kappa shape index (κ2) is 5.07. The van der Waals surface area contributed by atoms with E-state index < -0.39 is 10.0 Å². The summed E-state index contributed by atoms with van der Waals surface area (Å²) in [6.07, 6.45) is 8.79. The quantitative estimate of drug-likeness (QED) is 0.839. The van der Waals surface area contributed by atoms with E-state index in [1.807, 2.05) is 10.8 Å². The van der Waals surface area contributed by atoms with Crippen LogP contribution in [0.2, 0.25) is 0 Å². The van der Waals surface area contributed by atoms with Gasteiger partial charge in [0.15, 0.2) is 0 Å². The van der Waals surface area contributed by atoms with Crippen molar-refractivity contribution in [2.45, 2.75) is 43.1 Å². The van der Waals surface area contributed by atoms with Crippen molar-refractivity contribution in [1.29, 1.82) is 0 Å². The molecule has 0 spiro atoms. The maximum atomic E-state index is 12.0. The van der Waals surface area contributed by atoms with Gasteiger partial charge in [-0.3, -0.25) is 0 Å². The fraction of sp³-hybridized carbons (Fsp3) is 0.750. The molecule has 2 saturated carbocycles. The molecule has 5 nitrogen and oxygen atoms in total. The van der Waals surface area contributed by atoms with Crippen molar-refractivity contribution in [3.05, 3.63) is 18.7 Å². The predicted molar refractivity (Wildman–Crippen MR) is 73.6 cm³/mol. The van der Waals surface area contributed by atoms with Crippen LogP contribution in [0.25, 0.3) is 0 Å². The highest BCUT2D eigenvalue weighted by Gasteiger charge is 2.36. The van der Waals surface area contributed by atoms with Gasteiger partial charge in [0.2, 0.25) is 10.0 Å². The van der Waals surface area contributed by atoms with Gasteiger partial charge in [0.05, 0.1) is 12.1 Å². The normalized spacial score (nSPS) is 34.6. The predicted octanol–water partition coefficient (Wildman–Crippen LogP) is 1.52. The molecule has 0 unspecified atom stereocenters. The molecule has 1 aromatic heterocycles. The maximum Gasteiger partial charge on any atom is 0.212 e. The molecule has 3 rings (SSSR count). The molecule has 0 atom stereocenters. The molecule has 0 bridgehead atoms. The summed E-state index contributed by atoms with van der Waals surface area (Å²) in [5.74, 6) is 0.465. The summed E-state index contributed by atoms with van der Waals surface area (Å²) < 4.78 is 28.8. The standard InChI is InChI=1S/C12H18ClN3O2S/c13-10-3-9(4-10)7-19(17,18)15-11-5-12(6-11)16-2-1-14-8-16/h1-2,8-12,15H,3-7H2. The van der Waals surface area contributed by atoms with Crippen molar-refractivity contribution in [2.75, 3.05) is 5.75 Å². The van der Waals surface area contributed by atoms with Crippen LogP contribution in [0.5, 0.6) is 0 Å². The molecule has 7 heteroatoms. The molecule has 0 aliphatic heterocycles. The zero-order chi connectivity index (χ0) is 13.5. The van der Waals surface area contributed by atoms with Crippen molar-refractivity contribution in [1.82, 2.24) is 14.3 Å². The summed E-state index contributed by atoms with van der Waals surface area (Å²) in [4.78, 5) is 4.00. The zero-order valence-corrected chi connectivity index (χ0v) is 12.1. The molecule has 2 fully saturated rings. The number of sulfonamides is 1. The Balaban J connectivity index is 1.45. The average Bonchev–Trinajstić information content (AvgIpc) is 2.73. The Morgan fingerprint density at radius 2 is 2.05 bits per heavy atom. The molecular weight excluding hydrogens is 286 g/mol. The minimum atomic E-state index is -3.15. The van der Waals surface area contributed by atoms with E-state index in [9.17, 15) is 8.42 Å². The van der Waals surface area contributed by atoms with Gasteiger partial charge in [0.25, 0.3) is 0 Å². The van der Waals surface area contributed by atoms with Gasteiger partial charge >= 0.3 is 0 Å². The maximum absolute atomic E-state index is 12.0. The Kier molecular flexibility index (Phi) is 3.57. The Labute approximate surface area is 118 Å². The van der Waals surface area contributed by atoms with E-state index in [1.54, 1.807) is 12.5 Å². The van der Waals surface area contributed by atoms with Gasteiger partial charge in [-0.25, -0.2) is 18.1 Å². The molecular formula is C12H18ClN3O2S. The van der Waals surface area contributed by atoms with E-state index in [1.165, 1.54) is 0 Å². The van der Waals surface area contributed by atoms with Crippen molar-refractivity contribution >= 4 is 21.6 Å². The lowest BCUT2D eigenvalue weighted by atomic mass is 9.87. The minimum absolute atomic E-state index is 0.0734. The second-order valence-electron chi connectivity index (χ2n) is 5.67. The molecule has 0 aromatic carbocycles. The number of alkyl halides is 1. The lowest BCUT2D eigenvalue weighted by Gasteiger charge is -2.37. The fourth-order valence-corrected chi connectivity index (χ4v) is 5.01. The van der Waals surface area contributed by atoms with Crippen LogP contribution in [0, 0.1) is 5.92 Å². The molecule has 2 aliphatic carbocycles. The number of aromatic nitrogens is 2. The van der Waals surface area contributed by atoms with Crippen LogP contribution in [0.3, 0.4) is 0 Å². The van der Waals surface area contributed by atoms with Crippen LogP contribution in [0.4, 0.5) is 0 Å². The summed E-state index contributed by atoms with van der Waals surface area (Å²) >= 11 is 5.87. The third-order valence-electron chi connectivity index (χ3n) is 4.04. The van der Waals surface area contributed by atoms with Crippen LogP contribution in [0.1, 0.15) is 31.7 Å². The summed E-state index contributed by atoms with van der Waals surface area (Å²) in [6, 6.07) is 0.454. The van der Waals surface area contributed by atoms with Crippen LogP contribution in [-0.2, 0) is 10.0 Å². The molecule has 0 saturated heterocycles. The van der Waals surface area contributed by atoms with Crippen molar-refractivity contribution in [2.24, 2.45) is 5.92 Å². The number of hydrogen-bond acceptors (Lipinski definition) is 3. The number of rotatable bonds is 5. The van der Waals surface area contributed by atoms with E-state index in [2.05, 4.69) is 9.71 Å². The molecule has 106 valence electrons. The summed E-state index contributed by atoms with van der Waals surface area (Å²) in [5.41, 5.74) is 0. The van der Waals surface area contributed by atoms with Crippen LogP contribution < -0.4 is 4.72 Å². The highest BCUT2D eigenvalue weighted by Crippen LogP contribution is 2.35. The monoisotopic (exact) mass is 303 g/mol. The van der Waals surface area contributed by atoms with Gasteiger partial charge in [-0.15, -0.1) is 11.6 Å². The Bertz CT molecular complexity index is 519. The number of nitrogens with one attached hydrogen (secondary N) is 1. The minimum Gasteiger partial charge on any atom is -0.334 e. The third-order valence-corrected chi connectivity index (χ3v) is 6.00. The lowest BCUT2D eigenvalue weighted by Crippen LogP contribution is -2.47. The molecule has 1 heterocycles. The molecule has 1 N–H and O–H groups in total. The average molecular weight is 304 g/mol. The first-order valence-corrected chi connectivity index (χ1v) is 8.72. The summed E-state index contributed by atoms with van der Waals surface area (Å²) in [6.45, 7) is 0. The van der Waals surface area contributed by atoms with E-state index >= 15 is 0 Å². The summed E-state index contributed by atoms with van der Waals surface area (Å²) in [7, 11) is -3.15. The van der Waals surface area contributed by atoms with Crippen molar-refractivity contribution in [3.8, 4) is 0 Å². The molecule has 2 aliphatic rings. The van der Waals surface area contributed by atoms with Crippen LogP contribution in [-0.4, -0.2) is 35.1 Å². The molecule has 0 amide bonds. The largest absolute Gasteiger partial charge is 0.334 e. The zero-order valence-electron chi connectivity index (χ0n) is 10.6. The first kappa shape index (κ1) is 13.4. The number of halogens is 1. The van der Waals surface area contributed by atoms with E-state index in [0.717, 1.165) is 25.7 Å². The SMILES string of the molecule is O=S(=O)(CC1CC(Cl)C1)NC1CC(n2ccnc2)C1. The Morgan fingerprint density at radius 1 is 1.32 bits per heavy atom. The Morgan fingerprint density at radius 3 is 2.63 bits per heavy atom. The first-order valence-electron chi connectivity index (χ1n) is 6.63. The number of nitrogens with zero attached hydrogens (tertiary/aromatic N) is 2. The van der Waals surface area contributed by atoms with Crippen LogP contribution in [0.15, 0.2) is 18.7 Å². The highest BCUT2D eigenvalue weighted by atomic mass is 35.5. The number of imidazole rings is 1. The van der Waals surface area contributed by atoms with Gasteiger partial charge < -0.3 is 4.57 Å². The van der Waals surface area contributed by atoms with E-state index in [-0.39, 0.29) is 23.1 Å². The summed E-state index contributed by atoms with van der Waals surface area (Å²) in [5, 5.41) is 0.175. The van der Waals surface area contributed by atoms with Crippen molar-refractivity contribution in [3.63, 3.8) is 0 Å². The lowest BCUT2D eigenvalue weighted by molar-refractivity contribution is 0.248.